The minimum absolute atomic E-state index is 0.0136. The van der Waals surface area contributed by atoms with Crippen LogP contribution in [0.1, 0.15) is 86.6 Å². The van der Waals surface area contributed by atoms with Crippen molar-refractivity contribution in [3.63, 3.8) is 0 Å². The molecule has 5 atom stereocenters. The summed E-state index contributed by atoms with van der Waals surface area (Å²) in [5.74, 6) is -3.76. The van der Waals surface area contributed by atoms with Gasteiger partial charge in [-0.05, 0) is 64.0 Å². The fourth-order valence-electron chi connectivity index (χ4n) is 7.48. The van der Waals surface area contributed by atoms with Gasteiger partial charge in [-0.3, -0.25) is 28.9 Å². The molecule has 3 aromatic rings. The van der Waals surface area contributed by atoms with Gasteiger partial charge in [0, 0.05) is 24.6 Å². The number of rotatable bonds is 8. The molecule has 1 saturated heterocycles. The lowest BCUT2D eigenvalue weighted by Gasteiger charge is -2.36. The molecule has 15 nitrogen and oxygen atoms in total. The lowest BCUT2D eigenvalue weighted by Crippen LogP contribution is -2.64. The van der Waals surface area contributed by atoms with Crippen LogP contribution >= 0.6 is 0 Å². The molecule has 1 unspecified atom stereocenters. The van der Waals surface area contributed by atoms with E-state index in [1.807, 2.05) is 19.1 Å². The highest BCUT2D eigenvalue weighted by Gasteiger charge is 2.52. The number of nitrogens with zero attached hydrogens (tertiary/aromatic N) is 5. The van der Waals surface area contributed by atoms with Crippen LogP contribution in [0, 0.1) is 18.7 Å². The molecule has 1 saturated carbocycles. The number of ether oxygens (including phenoxy) is 1. The van der Waals surface area contributed by atoms with E-state index in [0.717, 1.165) is 6.42 Å². The van der Waals surface area contributed by atoms with Gasteiger partial charge in [0.25, 0.3) is 11.8 Å². The van der Waals surface area contributed by atoms with Crippen molar-refractivity contribution < 1.29 is 36.7 Å². The standard InChI is InChI=1S/C39H45FN8O7S/c1-3-28-36(45-31-18-25(40)13-16-29(31)43-28)55-26-19-33-35(50)46-39(38(52)47-56(53,54)27-14-15-27)17-9-11-24(39)10-7-5-4-6-8-12-30(37(51)48(33)22-26)44-34(49)32-21-41-23(2)20-42-32/h7,9-11,13,16,18,20-21,24,26-27,30,33H,3-6,8,12,14-15,17,19,22H2,1-2H3,(H,44,49)(H,46,50)(H,47,52)/b10-7-/t24?,26-,30+,33+,39-/m1/s1. The fourth-order valence-corrected chi connectivity index (χ4v) is 8.85. The Morgan fingerprint density at radius 1 is 1.04 bits per heavy atom. The number of amides is 4. The molecule has 1 aromatic carbocycles. The van der Waals surface area contributed by atoms with Crippen LogP contribution in [0.4, 0.5) is 4.39 Å². The molecule has 2 fully saturated rings. The van der Waals surface area contributed by atoms with Gasteiger partial charge in [0.2, 0.25) is 27.7 Å². The number of hydrogen-bond acceptors (Lipinski definition) is 11. The van der Waals surface area contributed by atoms with Crippen molar-refractivity contribution in [1.82, 2.24) is 40.2 Å². The van der Waals surface area contributed by atoms with Crippen LogP contribution < -0.4 is 20.1 Å². The molecule has 296 valence electrons. The number of aryl methyl sites for hydroxylation is 2. The number of carbonyl (C=O) groups excluding carboxylic acids is 4. The molecule has 0 spiro atoms. The zero-order chi connectivity index (χ0) is 39.6. The van der Waals surface area contributed by atoms with Gasteiger partial charge in [0.15, 0.2) is 0 Å². The summed E-state index contributed by atoms with van der Waals surface area (Å²) >= 11 is 0. The van der Waals surface area contributed by atoms with E-state index in [9.17, 15) is 32.0 Å². The highest BCUT2D eigenvalue weighted by molar-refractivity contribution is 7.91. The fraction of sp³-hybridized carbons (Fsp3) is 0.487. The minimum atomic E-state index is -3.98. The molecule has 0 bridgehead atoms. The van der Waals surface area contributed by atoms with Gasteiger partial charge in [-0.2, -0.15) is 0 Å². The van der Waals surface area contributed by atoms with Gasteiger partial charge in [-0.15, -0.1) is 0 Å². The number of benzene rings is 1. The summed E-state index contributed by atoms with van der Waals surface area (Å²) in [7, 11) is -3.98. The number of sulfonamides is 1. The molecule has 0 radical (unpaired) electrons. The quantitative estimate of drug-likeness (QED) is 0.283. The Bertz CT molecular complexity index is 2200. The molecular weight excluding hydrogens is 744 g/mol. The molecule has 2 aromatic heterocycles. The van der Waals surface area contributed by atoms with Gasteiger partial charge in [0.1, 0.15) is 40.9 Å². The van der Waals surface area contributed by atoms with Crippen LogP contribution in [0.15, 0.2) is 54.9 Å². The SMILES string of the molecule is CCc1nc2ccc(F)cc2nc1O[C@@H]1C[C@H]2C(=O)N[C@]3(C(=O)NS(=O)(=O)C4CC4)CC=CC3/C=C\CCCCC[C@H](NC(=O)c3cnc(C)cn3)C(=O)N2C1. The van der Waals surface area contributed by atoms with Gasteiger partial charge in [-0.25, -0.2) is 27.8 Å². The third kappa shape index (κ3) is 8.27. The maximum Gasteiger partial charge on any atom is 0.272 e. The molecule has 7 rings (SSSR count). The average molecular weight is 789 g/mol. The first kappa shape index (κ1) is 38.9. The second-order valence-electron chi connectivity index (χ2n) is 14.9. The van der Waals surface area contributed by atoms with Crippen molar-refractivity contribution in [2.45, 2.75) is 107 Å². The van der Waals surface area contributed by atoms with Crippen molar-refractivity contribution in [3.8, 4) is 5.88 Å². The monoisotopic (exact) mass is 788 g/mol. The number of aromatic nitrogens is 4. The first-order chi connectivity index (χ1) is 26.9. The van der Waals surface area contributed by atoms with Crippen molar-refractivity contribution >= 4 is 44.7 Å². The van der Waals surface area contributed by atoms with Crippen LogP contribution in [0.25, 0.3) is 11.0 Å². The summed E-state index contributed by atoms with van der Waals surface area (Å²) in [6, 6.07) is 1.79. The van der Waals surface area contributed by atoms with E-state index in [2.05, 4.69) is 35.3 Å². The molecule has 56 heavy (non-hydrogen) atoms. The average Bonchev–Trinajstić information content (AvgIpc) is 3.85. The largest absolute Gasteiger partial charge is 0.471 e. The molecule has 3 N–H and O–H groups in total. The zero-order valence-electron chi connectivity index (χ0n) is 31.2. The zero-order valence-corrected chi connectivity index (χ0v) is 32.1. The highest BCUT2D eigenvalue weighted by Crippen LogP contribution is 2.36. The van der Waals surface area contributed by atoms with Gasteiger partial charge in [0.05, 0.1) is 34.7 Å². The van der Waals surface area contributed by atoms with Crippen molar-refractivity contribution in [2.75, 3.05) is 6.54 Å². The second kappa shape index (κ2) is 16.0. The smallest absolute Gasteiger partial charge is 0.272 e. The van der Waals surface area contributed by atoms with E-state index in [0.29, 0.717) is 55.4 Å². The van der Waals surface area contributed by atoms with Crippen molar-refractivity contribution in [2.24, 2.45) is 5.92 Å². The molecule has 17 heteroatoms. The van der Waals surface area contributed by atoms with E-state index in [4.69, 9.17) is 4.74 Å². The predicted molar refractivity (Wildman–Crippen MR) is 202 cm³/mol. The number of fused-ring (bicyclic) bond motifs is 3. The number of allylic oxidation sites excluding steroid dienone is 1. The van der Waals surface area contributed by atoms with Crippen LogP contribution in [0.5, 0.6) is 5.88 Å². The Balaban J connectivity index is 1.23. The van der Waals surface area contributed by atoms with Crippen molar-refractivity contribution in [1.29, 1.82) is 0 Å². The van der Waals surface area contributed by atoms with E-state index in [1.165, 1.54) is 35.5 Å². The Labute approximate surface area is 324 Å². The molecule has 4 heterocycles. The van der Waals surface area contributed by atoms with Crippen LogP contribution in [0.2, 0.25) is 0 Å². The van der Waals surface area contributed by atoms with Gasteiger partial charge >= 0.3 is 0 Å². The summed E-state index contributed by atoms with van der Waals surface area (Å²) < 4.78 is 48.8. The first-order valence-corrected chi connectivity index (χ1v) is 20.7. The summed E-state index contributed by atoms with van der Waals surface area (Å²) in [6.45, 7) is 3.50. The Hall–Kier alpha value is -5.32. The number of nitrogens with one attached hydrogen (secondary N) is 3. The molecule has 4 aliphatic rings. The van der Waals surface area contributed by atoms with E-state index < -0.39 is 74.4 Å². The highest BCUT2D eigenvalue weighted by atomic mass is 32.2. The van der Waals surface area contributed by atoms with Crippen LogP contribution in [-0.2, 0) is 30.8 Å². The lowest BCUT2D eigenvalue weighted by atomic mass is 9.84. The van der Waals surface area contributed by atoms with E-state index in [-0.39, 0.29) is 42.9 Å². The summed E-state index contributed by atoms with van der Waals surface area (Å²) in [6.07, 6.45) is 13.4. The molecule has 2 aliphatic carbocycles. The molecular formula is C39H45FN8O7S. The van der Waals surface area contributed by atoms with E-state index in [1.54, 1.807) is 19.1 Å². The van der Waals surface area contributed by atoms with Crippen molar-refractivity contribution in [3.05, 3.63) is 77.8 Å². The molecule has 2 aliphatic heterocycles. The normalized spacial score (nSPS) is 26.4. The third-order valence-corrected chi connectivity index (χ3v) is 12.6. The summed E-state index contributed by atoms with van der Waals surface area (Å²) in [5, 5.41) is 5.05. The van der Waals surface area contributed by atoms with Gasteiger partial charge in [-0.1, -0.05) is 44.1 Å². The van der Waals surface area contributed by atoms with Crippen LogP contribution in [0.3, 0.4) is 0 Å². The number of halogens is 1. The predicted octanol–water partition coefficient (Wildman–Crippen LogP) is 3.14. The number of hydrogen-bond donors (Lipinski definition) is 3. The maximum atomic E-state index is 14.7. The number of carbonyl (C=O) groups is 4. The lowest BCUT2D eigenvalue weighted by molar-refractivity contribution is -0.142. The first-order valence-electron chi connectivity index (χ1n) is 19.1. The van der Waals surface area contributed by atoms with Crippen LogP contribution in [-0.4, -0.2) is 92.4 Å². The topological polar surface area (TPSA) is 203 Å². The Morgan fingerprint density at radius 3 is 2.59 bits per heavy atom. The Kier molecular flexibility index (Phi) is 11.2. The van der Waals surface area contributed by atoms with E-state index >= 15 is 0 Å². The molecule has 4 amide bonds. The Morgan fingerprint density at radius 2 is 1.84 bits per heavy atom. The summed E-state index contributed by atoms with van der Waals surface area (Å²) in [5.41, 5.74) is 0.164. The second-order valence-corrected chi connectivity index (χ2v) is 16.8. The minimum Gasteiger partial charge on any atom is -0.471 e. The summed E-state index contributed by atoms with van der Waals surface area (Å²) in [4.78, 5) is 75.6. The third-order valence-electron chi connectivity index (χ3n) is 10.7. The maximum absolute atomic E-state index is 14.7. The van der Waals surface area contributed by atoms with Gasteiger partial charge < -0.3 is 20.3 Å².